The molecule has 2 amide bonds. The zero-order valence-corrected chi connectivity index (χ0v) is 17.3. The predicted octanol–water partition coefficient (Wildman–Crippen LogP) is 4.77. The second-order valence-electron chi connectivity index (χ2n) is 7.23. The second kappa shape index (κ2) is 7.49. The lowest BCUT2D eigenvalue weighted by atomic mass is 10.0. The van der Waals surface area contributed by atoms with E-state index in [1.165, 1.54) is 4.90 Å². The standard InChI is InChI=1S/C24H17ClN2O4/c1-14-2-9-18(10-3-14)27-23(28)21(15-4-6-16(25)7-5-15)22(24(27)29)26-17-8-11-19-20(12-17)31-13-30-19/h2-12,26H,13H2,1H3. The quantitative estimate of drug-likeness (QED) is 0.601. The molecule has 154 valence electrons. The summed E-state index contributed by atoms with van der Waals surface area (Å²) in [6.07, 6.45) is 0. The van der Waals surface area contributed by atoms with E-state index in [-0.39, 0.29) is 18.1 Å². The van der Waals surface area contributed by atoms with Gasteiger partial charge in [-0.2, -0.15) is 0 Å². The van der Waals surface area contributed by atoms with Gasteiger partial charge in [-0.3, -0.25) is 9.59 Å². The van der Waals surface area contributed by atoms with Crippen molar-refractivity contribution in [2.24, 2.45) is 0 Å². The van der Waals surface area contributed by atoms with E-state index in [1.807, 2.05) is 19.1 Å². The largest absolute Gasteiger partial charge is 0.454 e. The first-order valence-corrected chi connectivity index (χ1v) is 10.0. The van der Waals surface area contributed by atoms with E-state index < -0.39 is 11.8 Å². The van der Waals surface area contributed by atoms with Crippen LogP contribution in [0, 0.1) is 6.92 Å². The van der Waals surface area contributed by atoms with Crippen LogP contribution in [0.4, 0.5) is 11.4 Å². The molecule has 0 fully saturated rings. The van der Waals surface area contributed by atoms with Gasteiger partial charge in [-0.15, -0.1) is 0 Å². The molecular weight excluding hydrogens is 416 g/mol. The number of ether oxygens (including phenoxy) is 2. The average molecular weight is 433 g/mol. The molecule has 1 N–H and O–H groups in total. The van der Waals surface area contributed by atoms with Gasteiger partial charge >= 0.3 is 0 Å². The number of nitrogens with zero attached hydrogens (tertiary/aromatic N) is 1. The monoisotopic (exact) mass is 432 g/mol. The number of amides is 2. The summed E-state index contributed by atoms with van der Waals surface area (Å²) in [4.78, 5) is 28.0. The van der Waals surface area contributed by atoms with Crippen LogP contribution < -0.4 is 19.7 Å². The second-order valence-corrected chi connectivity index (χ2v) is 7.67. The summed E-state index contributed by atoms with van der Waals surface area (Å²) < 4.78 is 10.8. The van der Waals surface area contributed by atoms with Crippen molar-refractivity contribution in [2.45, 2.75) is 6.92 Å². The van der Waals surface area contributed by atoms with Crippen LogP contribution >= 0.6 is 11.6 Å². The third-order valence-corrected chi connectivity index (χ3v) is 5.40. The maximum absolute atomic E-state index is 13.4. The molecule has 31 heavy (non-hydrogen) atoms. The lowest BCUT2D eigenvalue weighted by Gasteiger charge is -2.15. The summed E-state index contributed by atoms with van der Waals surface area (Å²) in [5.74, 6) is 0.370. The number of fused-ring (bicyclic) bond motifs is 1. The molecule has 2 aliphatic rings. The minimum Gasteiger partial charge on any atom is -0.454 e. The molecule has 0 saturated heterocycles. The molecule has 0 radical (unpaired) electrons. The molecule has 0 unspecified atom stereocenters. The SMILES string of the molecule is Cc1ccc(N2C(=O)C(Nc3ccc4c(c3)OCO4)=C(c3ccc(Cl)cc3)C2=O)cc1. The first-order valence-electron chi connectivity index (χ1n) is 9.63. The van der Waals surface area contributed by atoms with Gasteiger partial charge < -0.3 is 14.8 Å². The smallest absolute Gasteiger partial charge is 0.282 e. The number of nitrogens with one attached hydrogen (secondary N) is 1. The van der Waals surface area contributed by atoms with Crippen molar-refractivity contribution in [1.82, 2.24) is 0 Å². The minimum absolute atomic E-state index is 0.149. The summed E-state index contributed by atoms with van der Waals surface area (Å²) in [5.41, 5.74) is 3.21. The molecule has 0 aromatic heterocycles. The van der Waals surface area contributed by atoms with Crippen molar-refractivity contribution in [3.8, 4) is 11.5 Å². The van der Waals surface area contributed by atoms with Crippen LogP contribution in [0.3, 0.4) is 0 Å². The maximum atomic E-state index is 13.4. The molecule has 7 heteroatoms. The van der Waals surface area contributed by atoms with Gasteiger partial charge in [0.05, 0.1) is 11.3 Å². The number of hydrogen-bond donors (Lipinski definition) is 1. The summed E-state index contributed by atoms with van der Waals surface area (Å²) in [6.45, 7) is 2.09. The highest BCUT2D eigenvalue weighted by molar-refractivity contribution is 6.46. The van der Waals surface area contributed by atoms with Crippen molar-refractivity contribution >= 4 is 40.4 Å². The first kappa shape index (κ1) is 19.2. The van der Waals surface area contributed by atoms with E-state index in [2.05, 4.69) is 5.32 Å². The van der Waals surface area contributed by atoms with Crippen molar-refractivity contribution in [2.75, 3.05) is 17.0 Å². The molecule has 6 nitrogen and oxygen atoms in total. The van der Waals surface area contributed by atoms with Crippen LogP contribution in [0.5, 0.6) is 11.5 Å². The number of carbonyl (C=O) groups excluding carboxylic acids is 2. The molecule has 0 spiro atoms. The van der Waals surface area contributed by atoms with E-state index in [0.29, 0.717) is 33.5 Å². The molecular formula is C24H17ClN2O4. The summed E-state index contributed by atoms with van der Waals surface area (Å²) in [6, 6.07) is 19.3. The Morgan fingerprint density at radius 3 is 2.32 bits per heavy atom. The Kier molecular flexibility index (Phi) is 4.64. The van der Waals surface area contributed by atoms with Gasteiger partial charge in [0.2, 0.25) is 6.79 Å². The number of halogens is 1. The third-order valence-electron chi connectivity index (χ3n) is 5.15. The van der Waals surface area contributed by atoms with Crippen LogP contribution in [0.2, 0.25) is 5.02 Å². The van der Waals surface area contributed by atoms with E-state index in [9.17, 15) is 9.59 Å². The van der Waals surface area contributed by atoms with Crippen molar-refractivity contribution in [3.05, 3.63) is 88.6 Å². The van der Waals surface area contributed by atoms with Gasteiger partial charge in [-0.1, -0.05) is 41.4 Å². The summed E-state index contributed by atoms with van der Waals surface area (Å²) in [7, 11) is 0. The number of imide groups is 1. The van der Waals surface area contributed by atoms with Gasteiger partial charge in [0.15, 0.2) is 11.5 Å². The highest BCUT2D eigenvalue weighted by atomic mass is 35.5. The van der Waals surface area contributed by atoms with Crippen LogP contribution in [0.25, 0.3) is 5.57 Å². The average Bonchev–Trinajstić information content (AvgIpc) is 3.32. The number of aryl methyl sites for hydroxylation is 1. The molecule has 3 aromatic carbocycles. The number of hydrogen-bond acceptors (Lipinski definition) is 5. The molecule has 0 atom stereocenters. The third kappa shape index (κ3) is 3.41. The van der Waals surface area contributed by atoms with E-state index in [1.54, 1.807) is 54.6 Å². The fourth-order valence-corrected chi connectivity index (χ4v) is 3.70. The van der Waals surface area contributed by atoms with Crippen molar-refractivity contribution in [3.63, 3.8) is 0 Å². The van der Waals surface area contributed by atoms with Gasteiger partial charge in [0.25, 0.3) is 11.8 Å². The molecule has 5 rings (SSSR count). The molecule has 0 bridgehead atoms. The van der Waals surface area contributed by atoms with Gasteiger partial charge in [0.1, 0.15) is 5.70 Å². The lowest BCUT2D eigenvalue weighted by Crippen LogP contribution is -2.32. The van der Waals surface area contributed by atoms with Gasteiger partial charge in [-0.05, 0) is 48.9 Å². The van der Waals surface area contributed by atoms with Crippen LogP contribution in [-0.2, 0) is 9.59 Å². The maximum Gasteiger partial charge on any atom is 0.282 e. The Morgan fingerprint density at radius 2 is 1.58 bits per heavy atom. The Labute approximate surface area is 183 Å². The Hall–Kier alpha value is -3.77. The normalized spacial score (nSPS) is 15.1. The number of anilines is 2. The summed E-state index contributed by atoms with van der Waals surface area (Å²) in [5, 5.41) is 3.67. The van der Waals surface area contributed by atoms with Crippen molar-refractivity contribution < 1.29 is 19.1 Å². The molecule has 3 aromatic rings. The van der Waals surface area contributed by atoms with Gasteiger partial charge in [0, 0.05) is 16.8 Å². The Bertz CT molecular complexity index is 1230. The topological polar surface area (TPSA) is 67.9 Å². The summed E-state index contributed by atoms with van der Waals surface area (Å²) >= 11 is 6.02. The molecule has 0 aliphatic carbocycles. The fraction of sp³-hybridized carbons (Fsp3) is 0.0833. The fourth-order valence-electron chi connectivity index (χ4n) is 3.58. The number of carbonyl (C=O) groups is 2. The van der Waals surface area contributed by atoms with Gasteiger partial charge in [-0.25, -0.2) is 4.90 Å². The van der Waals surface area contributed by atoms with Crippen LogP contribution in [-0.4, -0.2) is 18.6 Å². The molecule has 0 saturated carbocycles. The van der Waals surface area contributed by atoms with E-state index in [4.69, 9.17) is 21.1 Å². The Balaban J connectivity index is 1.59. The van der Waals surface area contributed by atoms with Crippen molar-refractivity contribution in [1.29, 1.82) is 0 Å². The molecule has 2 aliphatic heterocycles. The van der Waals surface area contributed by atoms with Crippen LogP contribution in [0.1, 0.15) is 11.1 Å². The zero-order chi connectivity index (χ0) is 21.5. The van der Waals surface area contributed by atoms with Crippen LogP contribution in [0.15, 0.2) is 72.4 Å². The number of rotatable bonds is 4. The minimum atomic E-state index is -0.434. The Morgan fingerprint density at radius 1 is 0.871 bits per heavy atom. The number of benzene rings is 3. The predicted molar refractivity (Wildman–Crippen MR) is 118 cm³/mol. The first-order chi connectivity index (χ1) is 15.0. The highest BCUT2D eigenvalue weighted by Crippen LogP contribution is 2.37. The van der Waals surface area contributed by atoms with E-state index >= 15 is 0 Å². The zero-order valence-electron chi connectivity index (χ0n) is 16.5. The highest BCUT2D eigenvalue weighted by Gasteiger charge is 2.40. The molecule has 2 heterocycles. The lowest BCUT2D eigenvalue weighted by molar-refractivity contribution is -0.120. The van der Waals surface area contributed by atoms with E-state index in [0.717, 1.165) is 5.56 Å².